The number of para-hydroxylation sites is 2. The molecule has 0 aliphatic heterocycles. The summed E-state index contributed by atoms with van der Waals surface area (Å²) in [4.78, 5) is 9.11. The molecule has 2 heterocycles. The van der Waals surface area contributed by atoms with Gasteiger partial charge in [0.15, 0.2) is 5.82 Å². The lowest BCUT2D eigenvalue weighted by molar-refractivity contribution is 1.05. The number of nitrogens with zero attached hydrogens (tertiary/aromatic N) is 3. The topological polar surface area (TPSA) is 30.7 Å². The number of aromatic nitrogens is 3. The minimum absolute atomic E-state index is 0.769. The van der Waals surface area contributed by atoms with Crippen LogP contribution < -0.4 is 0 Å². The molecule has 0 atom stereocenters. The average Bonchev–Trinajstić information content (AvgIpc) is 3.08. The molecule has 0 fully saturated rings. The minimum atomic E-state index is 0.769. The maximum absolute atomic E-state index is 4.55. The maximum atomic E-state index is 4.55. The van der Waals surface area contributed by atoms with Crippen LogP contribution in [-0.2, 0) is 6.42 Å². The lowest BCUT2D eigenvalue weighted by Gasteiger charge is -2.07. The fraction of sp³-hybridized carbons (Fsp3) is 0.0833. The van der Waals surface area contributed by atoms with Gasteiger partial charge in [0.25, 0.3) is 0 Å². The van der Waals surface area contributed by atoms with E-state index in [0.717, 1.165) is 23.4 Å². The van der Waals surface area contributed by atoms with E-state index in [1.165, 1.54) is 27.5 Å². The number of fused-ring (bicyclic) bond motifs is 3. The zero-order valence-electron chi connectivity index (χ0n) is 15.1. The van der Waals surface area contributed by atoms with Crippen molar-refractivity contribution in [1.82, 2.24) is 14.5 Å². The van der Waals surface area contributed by atoms with Crippen LogP contribution in [0.25, 0.3) is 38.9 Å². The standard InChI is InChI=1S/C24H19N3/c1-2-17-15-25-24(26-16-17)18-12-13-23-21(14-18)20-10-6-7-11-22(20)27(23)19-8-4-3-5-9-19/h3-16H,2H2,1H3. The highest BCUT2D eigenvalue weighted by Crippen LogP contribution is 2.34. The van der Waals surface area contributed by atoms with Crippen molar-refractivity contribution >= 4 is 21.8 Å². The number of aryl methyl sites for hydroxylation is 1. The summed E-state index contributed by atoms with van der Waals surface area (Å²) < 4.78 is 2.31. The number of rotatable bonds is 3. The lowest BCUT2D eigenvalue weighted by atomic mass is 10.1. The Hall–Kier alpha value is -3.46. The molecule has 0 saturated heterocycles. The van der Waals surface area contributed by atoms with Crippen LogP contribution >= 0.6 is 0 Å². The second-order valence-electron chi connectivity index (χ2n) is 6.69. The summed E-state index contributed by atoms with van der Waals surface area (Å²) in [5, 5.41) is 2.46. The van der Waals surface area contributed by atoms with E-state index in [1.807, 2.05) is 18.5 Å². The Labute approximate surface area is 157 Å². The molecule has 5 rings (SSSR count). The van der Waals surface area contributed by atoms with E-state index in [0.29, 0.717) is 0 Å². The van der Waals surface area contributed by atoms with Gasteiger partial charge < -0.3 is 4.57 Å². The minimum Gasteiger partial charge on any atom is -0.309 e. The Balaban J connectivity index is 1.77. The van der Waals surface area contributed by atoms with E-state index in [4.69, 9.17) is 0 Å². The molecule has 0 N–H and O–H groups in total. The van der Waals surface area contributed by atoms with E-state index in [1.54, 1.807) is 0 Å². The molecule has 0 amide bonds. The molecule has 0 aliphatic rings. The van der Waals surface area contributed by atoms with Gasteiger partial charge in [0.05, 0.1) is 11.0 Å². The zero-order valence-corrected chi connectivity index (χ0v) is 15.1. The van der Waals surface area contributed by atoms with Crippen molar-refractivity contribution in [3.8, 4) is 17.1 Å². The Morgan fingerprint density at radius 2 is 1.44 bits per heavy atom. The van der Waals surface area contributed by atoms with Crippen molar-refractivity contribution in [3.05, 3.63) is 90.8 Å². The first-order chi connectivity index (χ1) is 13.3. The lowest BCUT2D eigenvalue weighted by Crippen LogP contribution is -1.93. The summed E-state index contributed by atoms with van der Waals surface area (Å²) in [6.07, 6.45) is 4.78. The van der Waals surface area contributed by atoms with Crippen molar-refractivity contribution in [3.63, 3.8) is 0 Å². The molecule has 2 aromatic heterocycles. The zero-order chi connectivity index (χ0) is 18.2. The van der Waals surface area contributed by atoms with E-state index in [9.17, 15) is 0 Å². The molecule has 0 spiro atoms. The summed E-state index contributed by atoms with van der Waals surface area (Å²) >= 11 is 0. The van der Waals surface area contributed by atoms with Gasteiger partial charge in [-0.2, -0.15) is 0 Å². The Morgan fingerprint density at radius 1 is 0.741 bits per heavy atom. The normalized spacial score (nSPS) is 11.3. The molecule has 5 aromatic rings. The Morgan fingerprint density at radius 3 is 2.22 bits per heavy atom. The predicted octanol–water partition coefficient (Wildman–Crippen LogP) is 5.80. The van der Waals surface area contributed by atoms with E-state index >= 15 is 0 Å². The molecular formula is C24H19N3. The van der Waals surface area contributed by atoms with Crippen LogP contribution in [0, 0.1) is 0 Å². The third-order valence-corrected chi connectivity index (χ3v) is 5.06. The molecule has 3 heteroatoms. The van der Waals surface area contributed by atoms with Gasteiger partial charge in [0, 0.05) is 34.4 Å². The number of benzene rings is 3. The van der Waals surface area contributed by atoms with Gasteiger partial charge >= 0.3 is 0 Å². The summed E-state index contributed by atoms with van der Waals surface area (Å²) in [6.45, 7) is 2.11. The third-order valence-electron chi connectivity index (χ3n) is 5.06. The second-order valence-corrected chi connectivity index (χ2v) is 6.69. The number of hydrogen-bond donors (Lipinski definition) is 0. The molecule has 3 nitrogen and oxygen atoms in total. The molecule has 27 heavy (non-hydrogen) atoms. The van der Waals surface area contributed by atoms with Crippen LogP contribution in [0.4, 0.5) is 0 Å². The van der Waals surface area contributed by atoms with Crippen LogP contribution in [0.1, 0.15) is 12.5 Å². The van der Waals surface area contributed by atoms with E-state index < -0.39 is 0 Å². The maximum Gasteiger partial charge on any atom is 0.159 e. The fourth-order valence-corrected chi connectivity index (χ4v) is 3.65. The highest BCUT2D eigenvalue weighted by atomic mass is 15.0. The van der Waals surface area contributed by atoms with Gasteiger partial charge in [-0.25, -0.2) is 9.97 Å². The SMILES string of the molecule is CCc1cnc(-c2ccc3c(c2)c2ccccc2n3-c2ccccc2)nc1. The highest BCUT2D eigenvalue weighted by molar-refractivity contribution is 6.10. The first-order valence-electron chi connectivity index (χ1n) is 9.25. The van der Waals surface area contributed by atoms with Crippen LogP contribution in [-0.4, -0.2) is 14.5 Å². The Kier molecular flexibility index (Phi) is 3.72. The van der Waals surface area contributed by atoms with Gasteiger partial charge in [-0.3, -0.25) is 0 Å². The molecule has 130 valence electrons. The summed E-state index contributed by atoms with van der Waals surface area (Å²) in [5.41, 5.74) is 5.76. The highest BCUT2D eigenvalue weighted by Gasteiger charge is 2.13. The smallest absolute Gasteiger partial charge is 0.159 e. The largest absolute Gasteiger partial charge is 0.309 e. The van der Waals surface area contributed by atoms with Crippen LogP contribution in [0.5, 0.6) is 0 Å². The Bertz CT molecular complexity index is 1240. The third kappa shape index (κ3) is 2.59. The van der Waals surface area contributed by atoms with Crippen LogP contribution in [0.2, 0.25) is 0 Å². The fourth-order valence-electron chi connectivity index (χ4n) is 3.65. The van der Waals surface area contributed by atoms with Gasteiger partial charge in [-0.15, -0.1) is 0 Å². The average molecular weight is 349 g/mol. The van der Waals surface area contributed by atoms with Gasteiger partial charge in [-0.05, 0) is 48.4 Å². The quantitative estimate of drug-likeness (QED) is 0.412. The molecule has 3 aromatic carbocycles. The monoisotopic (exact) mass is 349 g/mol. The van der Waals surface area contributed by atoms with E-state index in [-0.39, 0.29) is 0 Å². The summed E-state index contributed by atoms with van der Waals surface area (Å²) in [6, 6.07) is 25.5. The van der Waals surface area contributed by atoms with Gasteiger partial charge in [-0.1, -0.05) is 43.3 Å². The van der Waals surface area contributed by atoms with E-state index in [2.05, 4.69) is 88.2 Å². The first kappa shape index (κ1) is 15.8. The molecule has 0 bridgehead atoms. The predicted molar refractivity (Wildman–Crippen MR) is 111 cm³/mol. The van der Waals surface area contributed by atoms with Crippen molar-refractivity contribution in [1.29, 1.82) is 0 Å². The van der Waals surface area contributed by atoms with Crippen LogP contribution in [0.15, 0.2) is 85.2 Å². The van der Waals surface area contributed by atoms with Crippen LogP contribution in [0.3, 0.4) is 0 Å². The first-order valence-corrected chi connectivity index (χ1v) is 9.25. The second kappa shape index (κ2) is 6.36. The molecular weight excluding hydrogens is 330 g/mol. The molecule has 0 aliphatic carbocycles. The van der Waals surface area contributed by atoms with Gasteiger partial charge in [0.1, 0.15) is 0 Å². The molecule has 0 saturated carbocycles. The van der Waals surface area contributed by atoms with Crippen molar-refractivity contribution in [2.45, 2.75) is 13.3 Å². The number of hydrogen-bond acceptors (Lipinski definition) is 2. The summed E-state index contributed by atoms with van der Waals surface area (Å²) in [5.74, 6) is 0.769. The van der Waals surface area contributed by atoms with Crippen molar-refractivity contribution < 1.29 is 0 Å². The van der Waals surface area contributed by atoms with Gasteiger partial charge in [0.2, 0.25) is 0 Å². The van der Waals surface area contributed by atoms with Crippen molar-refractivity contribution in [2.24, 2.45) is 0 Å². The summed E-state index contributed by atoms with van der Waals surface area (Å²) in [7, 11) is 0. The van der Waals surface area contributed by atoms with Crippen molar-refractivity contribution in [2.75, 3.05) is 0 Å². The molecule has 0 radical (unpaired) electrons. The molecule has 0 unspecified atom stereocenters.